The third-order valence-corrected chi connectivity index (χ3v) is 4.41. The molecule has 0 spiro atoms. The highest BCUT2D eigenvalue weighted by Gasteiger charge is 2.18. The normalized spacial score (nSPS) is 11.6. The minimum atomic E-state index is -0.447. The number of ketones is 1. The van der Waals surface area contributed by atoms with Crippen LogP contribution in [0.1, 0.15) is 28.4 Å². The third kappa shape index (κ3) is 4.92. The number of benzene rings is 3. The largest absolute Gasteiger partial charge is 0.378 e. The molecule has 0 radical (unpaired) electrons. The number of carbonyl (C=O) groups is 1. The average molecular weight is 381 g/mol. The van der Waals surface area contributed by atoms with Crippen LogP contribution in [0.5, 0.6) is 0 Å². The maximum absolute atomic E-state index is 12.7. The van der Waals surface area contributed by atoms with E-state index in [0.29, 0.717) is 16.3 Å². The van der Waals surface area contributed by atoms with Gasteiger partial charge in [0.05, 0.1) is 11.0 Å². The van der Waals surface area contributed by atoms with Crippen LogP contribution in [0.3, 0.4) is 0 Å². The summed E-state index contributed by atoms with van der Waals surface area (Å²) in [5.41, 5.74) is 2.06. The summed E-state index contributed by atoms with van der Waals surface area (Å²) in [6.07, 6.45) is 0.203. The quantitative estimate of drug-likeness (QED) is 0.325. The zero-order chi connectivity index (χ0) is 19.2. The van der Waals surface area contributed by atoms with Gasteiger partial charge in [-0.2, -0.15) is 0 Å². The predicted octanol–water partition coefficient (Wildman–Crippen LogP) is 5.67. The van der Waals surface area contributed by atoms with Crippen molar-refractivity contribution in [3.05, 3.63) is 105 Å². The fourth-order valence-corrected chi connectivity index (χ4v) is 2.91. The van der Waals surface area contributed by atoms with Crippen molar-refractivity contribution in [2.75, 3.05) is 5.32 Å². The van der Waals surface area contributed by atoms with E-state index in [1.807, 2.05) is 30.3 Å². The van der Waals surface area contributed by atoms with Crippen molar-refractivity contribution in [3.63, 3.8) is 0 Å². The zero-order valence-electron chi connectivity index (χ0n) is 14.3. The summed E-state index contributed by atoms with van der Waals surface area (Å²) in [6, 6.07) is 22.1. The Labute approximate surface area is 161 Å². The van der Waals surface area contributed by atoms with Crippen molar-refractivity contribution in [1.82, 2.24) is 0 Å². The van der Waals surface area contributed by atoms with Crippen molar-refractivity contribution in [1.29, 1.82) is 0 Å². The number of hydrogen-bond acceptors (Lipinski definition) is 4. The molecule has 27 heavy (non-hydrogen) atoms. The molecule has 0 aromatic heterocycles. The second-order valence-corrected chi connectivity index (χ2v) is 6.49. The van der Waals surface area contributed by atoms with Crippen LogP contribution in [0, 0.1) is 10.1 Å². The lowest BCUT2D eigenvalue weighted by molar-refractivity contribution is -0.384. The van der Waals surface area contributed by atoms with Crippen LogP contribution in [0.4, 0.5) is 11.4 Å². The maximum atomic E-state index is 12.7. The highest BCUT2D eigenvalue weighted by Crippen LogP contribution is 2.27. The second-order valence-electron chi connectivity index (χ2n) is 6.05. The monoisotopic (exact) mass is 380 g/mol. The molecule has 0 amide bonds. The maximum Gasteiger partial charge on any atom is 0.271 e. The summed E-state index contributed by atoms with van der Waals surface area (Å²) in [7, 11) is 0. The number of nitrogens with zero attached hydrogens (tertiary/aromatic N) is 1. The average Bonchev–Trinajstić information content (AvgIpc) is 2.69. The number of nitrogens with one attached hydrogen (secondary N) is 1. The minimum absolute atomic E-state index is 0.00996. The first-order chi connectivity index (χ1) is 13.0. The number of halogens is 1. The molecule has 6 heteroatoms. The summed E-state index contributed by atoms with van der Waals surface area (Å²) >= 11 is 5.97. The lowest BCUT2D eigenvalue weighted by Gasteiger charge is -2.20. The first-order valence-corrected chi connectivity index (χ1v) is 8.75. The molecule has 3 aromatic carbocycles. The van der Waals surface area contributed by atoms with Gasteiger partial charge < -0.3 is 5.32 Å². The third-order valence-electron chi connectivity index (χ3n) is 4.16. The molecule has 1 N–H and O–H groups in total. The van der Waals surface area contributed by atoms with Crippen molar-refractivity contribution in [2.45, 2.75) is 12.5 Å². The standard InChI is InChI=1S/C21H17ClN2O3/c22-17-11-9-15(10-12-17)20(14-21(25)16-5-2-1-3-6-16)23-18-7-4-8-19(13-18)24(26)27/h1-13,20,23H,14H2/t20-/m1/s1. The Kier molecular flexibility index (Phi) is 5.84. The van der Waals surface area contributed by atoms with Crippen LogP contribution >= 0.6 is 11.6 Å². The number of Topliss-reactive ketones (excluding diaryl/α,β-unsaturated/α-hetero) is 1. The summed E-state index contributed by atoms with van der Waals surface area (Å²) in [4.78, 5) is 23.3. The number of rotatable bonds is 7. The number of non-ortho nitro benzene ring substituents is 1. The molecular weight excluding hydrogens is 364 g/mol. The van der Waals surface area contributed by atoms with E-state index >= 15 is 0 Å². The highest BCUT2D eigenvalue weighted by molar-refractivity contribution is 6.30. The van der Waals surface area contributed by atoms with Gasteiger partial charge in [-0.05, 0) is 23.8 Å². The van der Waals surface area contributed by atoms with Crippen LogP contribution in [-0.2, 0) is 0 Å². The van der Waals surface area contributed by atoms with E-state index in [2.05, 4.69) is 5.32 Å². The van der Waals surface area contributed by atoms with E-state index in [1.54, 1.807) is 36.4 Å². The van der Waals surface area contributed by atoms with Crippen molar-refractivity contribution < 1.29 is 9.72 Å². The molecule has 0 aliphatic heterocycles. The Morgan fingerprint density at radius 1 is 1.00 bits per heavy atom. The first kappa shape index (κ1) is 18.6. The molecule has 5 nitrogen and oxygen atoms in total. The van der Waals surface area contributed by atoms with Gasteiger partial charge in [-0.25, -0.2) is 0 Å². The molecular formula is C21H17ClN2O3. The lowest BCUT2D eigenvalue weighted by atomic mass is 9.97. The van der Waals surface area contributed by atoms with Gasteiger partial charge in [0.1, 0.15) is 0 Å². The molecule has 0 saturated heterocycles. The van der Waals surface area contributed by atoms with Gasteiger partial charge in [0.25, 0.3) is 5.69 Å². The highest BCUT2D eigenvalue weighted by atomic mass is 35.5. The second kappa shape index (κ2) is 8.47. The van der Waals surface area contributed by atoms with Gasteiger partial charge in [-0.1, -0.05) is 60.1 Å². The van der Waals surface area contributed by atoms with Crippen LogP contribution < -0.4 is 5.32 Å². The van der Waals surface area contributed by atoms with E-state index in [9.17, 15) is 14.9 Å². The molecule has 0 aliphatic rings. The summed E-state index contributed by atoms with van der Waals surface area (Å²) < 4.78 is 0. The van der Waals surface area contributed by atoms with E-state index in [-0.39, 0.29) is 23.9 Å². The van der Waals surface area contributed by atoms with E-state index in [4.69, 9.17) is 11.6 Å². The van der Waals surface area contributed by atoms with Gasteiger partial charge in [0, 0.05) is 34.8 Å². The summed E-state index contributed by atoms with van der Waals surface area (Å²) in [5.74, 6) is -0.0199. The molecule has 0 aliphatic carbocycles. The Bertz CT molecular complexity index is 943. The van der Waals surface area contributed by atoms with Crippen LogP contribution in [0.15, 0.2) is 78.9 Å². The van der Waals surface area contributed by atoms with Crippen LogP contribution in [0.25, 0.3) is 0 Å². The zero-order valence-corrected chi connectivity index (χ0v) is 15.1. The molecule has 0 unspecified atom stereocenters. The smallest absolute Gasteiger partial charge is 0.271 e. The van der Waals surface area contributed by atoms with Crippen LogP contribution in [-0.4, -0.2) is 10.7 Å². The van der Waals surface area contributed by atoms with Crippen molar-refractivity contribution in [3.8, 4) is 0 Å². The van der Waals surface area contributed by atoms with Gasteiger partial charge in [-0.3, -0.25) is 14.9 Å². The van der Waals surface area contributed by atoms with Gasteiger partial charge in [0.15, 0.2) is 5.78 Å². The van der Waals surface area contributed by atoms with Gasteiger partial charge in [0.2, 0.25) is 0 Å². The molecule has 0 saturated carbocycles. The Balaban J connectivity index is 1.88. The van der Waals surface area contributed by atoms with E-state index in [1.165, 1.54) is 12.1 Å². The summed E-state index contributed by atoms with van der Waals surface area (Å²) in [6.45, 7) is 0. The summed E-state index contributed by atoms with van der Waals surface area (Å²) in [5, 5.41) is 14.9. The molecule has 1 atom stereocenters. The number of anilines is 1. The number of hydrogen-bond donors (Lipinski definition) is 1. The molecule has 3 aromatic rings. The first-order valence-electron chi connectivity index (χ1n) is 8.37. The van der Waals surface area contributed by atoms with Crippen LogP contribution in [0.2, 0.25) is 5.02 Å². The van der Waals surface area contributed by atoms with Crippen molar-refractivity contribution in [2.24, 2.45) is 0 Å². The van der Waals surface area contributed by atoms with Crippen molar-refractivity contribution >= 4 is 28.8 Å². The fraction of sp³-hybridized carbons (Fsp3) is 0.0952. The van der Waals surface area contributed by atoms with Gasteiger partial charge in [-0.15, -0.1) is 0 Å². The molecule has 3 rings (SSSR count). The minimum Gasteiger partial charge on any atom is -0.378 e. The van der Waals surface area contributed by atoms with E-state index < -0.39 is 4.92 Å². The molecule has 136 valence electrons. The number of nitro benzene ring substituents is 1. The Morgan fingerprint density at radius 2 is 1.70 bits per heavy atom. The number of carbonyl (C=O) groups excluding carboxylic acids is 1. The topological polar surface area (TPSA) is 72.2 Å². The lowest BCUT2D eigenvalue weighted by Crippen LogP contribution is -2.16. The number of nitro groups is 1. The Morgan fingerprint density at radius 3 is 2.37 bits per heavy atom. The molecule has 0 heterocycles. The van der Waals surface area contributed by atoms with Gasteiger partial charge >= 0.3 is 0 Å². The molecule has 0 bridgehead atoms. The predicted molar refractivity (Wildman–Crippen MR) is 106 cm³/mol. The fourth-order valence-electron chi connectivity index (χ4n) is 2.79. The molecule has 0 fully saturated rings. The van der Waals surface area contributed by atoms with E-state index in [0.717, 1.165) is 5.56 Å². The Hall–Kier alpha value is -3.18. The SMILES string of the molecule is O=C(C[C@@H](Nc1cccc([N+](=O)[O-])c1)c1ccc(Cl)cc1)c1ccccc1.